The number of carbonyl (C=O) groups excluding carboxylic acids is 14. The number of urea groups is 2. The van der Waals surface area contributed by atoms with Crippen LogP contribution in [0, 0.1) is 41.4 Å². The lowest BCUT2D eigenvalue weighted by Gasteiger charge is -2.34. The number of benzene rings is 4. The van der Waals surface area contributed by atoms with Gasteiger partial charge < -0.3 is 69.6 Å². The quantitative estimate of drug-likeness (QED) is 0.0149. The van der Waals surface area contributed by atoms with Gasteiger partial charge in [0, 0.05) is 75.2 Å². The Morgan fingerprint density at radius 3 is 1.31 bits per heavy atom. The number of unbranched alkanes of at least 4 members (excludes halogenated alkanes) is 2. The number of ketones is 4. The van der Waals surface area contributed by atoms with Gasteiger partial charge in [-0.15, -0.1) is 0 Å². The van der Waals surface area contributed by atoms with Crippen LogP contribution in [0.1, 0.15) is 180 Å². The molecule has 4 aromatic carbocycles. The van der Waals surface area contributed by atoms with Gasteiger partial charge in [0.25, 0.3) is 11.8 Å². The van der Waals surface area contributed by atoms with Gasteiger partial charge >= 0.3 is 24.1 Å². The first-order valence-corrected chi connectivity index (χ1v) is 41.7. The average molecular weight is 1670 g/mol. The second-order valence-corrected chi connectivity index (χ2v) is 32.7. The zero-order valence-electron chi connectivity index (χ0n) is 70.9. The van der Waals surface area contributed by atoms with Gasteiger partial charge in [-0.25, -0.2) is 19.2 Å². The number of imide groups is 2. The van der Waals surface area contributed by atoms with Crippen molar-refractivity contribution < 1.29 is 81.8 Å². The molecule has 0 saturated carbocycles. The monoisotopic (exact) mass is 1660 g/mol. The molecule has 30 nitrogen and oxygen atoms in total. The lowest BCUT2D eigenvalue weighted by Crippen LogP contribution is -2.53. The summed E-state index contributed by atoms with van der Waals surface area (Å²) in [5, 5.41) is 30.8. The Labute approximate surface area is 705 Å². The maximum absolute atomic E-state index is 14.1. The molecule has 17 N–H and O–H groups in total. The molecule has 4 aromatic rings. The number of nitrogens with two attached hydrogens (primary N) is 4. The Hall–Kier alpha value is -11.1. The molecule has 2 aliphatic heterocycles. The molecule has 0 bridgehead atoms. The fraction of sp³-hybridized carbons (Fsp3) is 0.522. The third-order valence-corrected chi connectivity index (χ3v) is 20.1. The Morgan fingerprint density at radius 2 is 0.892 bits per heavy atom. The number of carboxylic acids is 1. The number of ether oxygens (including phenoxy) is 1. The number of amides is 12. The van der Waals surface area contributed by atoms with E-state index in [1.165, 1.54) is 6.08 Å². The van der Waals surface area contributed by atoms with Gasteiger partial charge in [0.05, 0.1) is 18.1 Å². The van der Waals surface area contributed by atoms with Crippen LogP contribution < -0.4 is 65.5 Å². The van der Waals surface area contributed by atoms with E-state index in [0.717, 1.165) is 66.4 Å². The molecule has 0 radical (unpaired) electrons. The van der Waals surface area contributed by atoms with Gasteiger partial charge in [0.2, 0.25) is 29.5 Å². The minimum atomic E-state index is -1.17. The van der Waals surface area contributed by atoms with Gasteiger partial charge in [-0.1, -0.05) is 156 Å². The Bertz CT molecular complexity index is 3990. The number of hydrogen-bond donors (Lipinski definition) is 13. The molecule has 2 aliphatic rings. The summed E-state index contributed by atoms with van der Waals surface area (Å²) in [6, 6.07) is 31.2. The zero-order chi connectivity index (χ0) is 88.7. The van der Waals surface area contributed by atoms with Crippen LogP contribution >= 0.6 is 0 Å². The van der Waals surface area contributed by atoms with E-state index in [4.69, 9.17) is 27.7 Å². The zero-order valence-corrected chi connectivity index (χ0v) is 70.9. The normalized spacial score (nSPS) is 15.1. The first-order chi connectivity index (χ1) is 57.0. The lowest BCUT2D eigenvalue weighted by molar-refractivity contribution is -0.143. The van der Waals surface area contributed by atoms with E-state index in [0.29, 0.717) is 109 Å². The minimum Gasteiger partial charge on any atom is -0.480 e. The van der Waals surface area contributed by atoms with Crippen molar-refractivity contribution in [2.45, 2.75) is 220 Å². The van der Waals surface area contributed by atoms with Crippen molar-refractivity contribution in [3.05, 3.63) is 168 Å². The van der Waals surface area contributed by atoms with Crippen molar-refractivity contribution in [3.8, 4) is 0 Å². The molecule has 656 valence electrons. The van der Waals surface area contributed by atoms with Crippen LogP contribution in [0.25, 0.3) is 0 Å². The van der Waals surface area contributed by atoms with Gasteiger partial charge in [0.15, 0.2) is 23.1 Å². The van der Waals surface area contributed by atoms with Crippen molar-refractivity contribution in [1.29, 1.82) is 0 Å². The molecule has 30 heteroatoms. The number of nitrogens with zero attached hydrogens (tertiary/aromatic N) is 1. The molecule has 0 aromatic heterocycles. The van der Waals surface area contributed by atoms with Crippen LogP contribution in [0.15, 0.2) is 146 Å². The molecule has 2 fully saturated rings. The fourth-order valence-corrected chi connectivity index (χ4v) is 13.9. The first kappa shape index (κ1) is 101. The maximum atomic E-state index is 14.1. The van der Waals surface area contributed by atoms with Crippen molar-refractivity contribution in [2.24, 2.45) is 64.4 Å². The molecule has 8 atom stereocenters. The molecular formula is C90H129N13O17. The second-order valence-electron chi connectivity index (χ2n) is 32.7. The number of Topliss-reactive ketones (excluding diaryl/α,β-unsaturated/α-hetero) is 2. The molecule has 0 aliphatic carbocycles. The molecule has 0 unspecified atom stereocenters. The van der Waals surface area contributed by atoms with Crippen LogP contribution in [-0.4, -0.2) is 174 Å². The molecular weight excluding hydrogens is 1540 g/mol. The van der Waals surface area contributed by atoms with E-state index in [2.05, 4.69) is 31.9 Å². The van der Waals surface area contributed by atoms with E-state index < -0.39 is 101 Å². The van der Waals surface area contributed by atoms with Gasteiger partial charge in [-0.2, -0.15) is 0 Å². The van der Waals surface area contributed by atoms with Crippen LogP contribution in [0.2, 0.25) is 0 Å². The smallest absolute Gasteiger partial charge is 0.407 e. The van der Waals surface area contributed by atoms with E-state index in [1.54, 1.807) is 25.7 Å². The Kier molecular flexibility index (Phi) is 46.3. The third-order valence-electron chi connectivity index (χ3n) is 20.1. The van der Waals surface area contributed by atoms with Crippen molar-refractivity contribution in [2.75, 3.05) is 39.3 Å². The third kappa shape index (κ3) is 43.0. The van der Waals surface area contributed by atoms with Crippen molar-refractivity contribution in [1.82, 2.24) is 47.4 Å². The van der Waals surface area contributed by atoms with E-state index >= 15 is 0 Å². The summed E-state index contributed by atoms with van der Waals surface area (Å²) < 4.78 is 5.20. The van der Waals surface area contributed by atoms with Crippen LogP contribution in [0.3, 0.4) is 0 Å². The lowest BCUT2D eigenvalue weighted by atomic mass is 9.88. The summed E-state index contributed by atoms with van der Waals surface area (Å²) >= 11 is 0. The second kappa shape index (κ2) is 54.9. The summed E-state index contributed by atoms with van der Waals surface area (Å²) in [5.41, 5.74) is 24.7. The standard InChI is InChI=1S/C42H59N7O7.C37H53N3O7.C11H17N3O3/c1-28(2)23-32(27-37(51)36(26-30-13-7-4-8-14-30)47-40(54)34(44)25-29-11-5-3-6-12-29)39(53)46-35(15-9-10-20-43)41(55)49-21-18-31(19-22-49)24-33(50)16-17-38(52)48-42(45)56;1-25(2)21-29(34(43)39-30(35(44)45)19-13-14-20-38-36(46)47-37(4,5)6)24-32(41)31(23-28-17-11-8-12-18-28)40-33(42)26(3)22-27-15-9-7-10-16-27;12-11(17)14-10(16)2-1-9(15)7-8-3-5-13-6-4-8/h3-8,11-14,16-17,28,31-32,34-36H,9-10,15,18-27,43-44H2,1-2H3,(H,46,53)(H,47,54)(H3,45,48,52,56);7-12,15-18,25-26,29-31H,13-14,19-24H2,1-6H3,(H,38,46)(H,39,43)(H,40,42)(H,44,45);1-2,8,13H,3-7H2,(H3,12,14,16,17)/b17-16-;;2-1-/t32-,34+,35+,36+;26-,29+,30-,31-;/m01./s1. The number of hydrogen-bond acceptors (Lipinski definition) is 19. The number of primary amides is 2. The number of carboxylic acid groups (broad SMARTS) is 1. The number of nitrogens with one attached hydrogen (secondary N) is 8. The van der Waals surface area contributed by atoms with Gasteiger partial charge in [-0.05, 0) is 201 Å². The van der Waals surface area contributed by atoms with E-state index in [9.17, 15) is 77.0 Å². The molecule has 6 rings (SSSR count). The molecule has 2 saturated heterocycles. The van der Waals surface area contributed by atoms with E-state index in [-0.39, 0.29) is 97.1 Å². The van der Waals surface area contributed by atoms with Gasteiger partial charge in [-0.3, -0.25) is 63.4 Å². The number of rotatable bonds is 45. The number of carbonyl (C=O) groups is 15. The minimum absolute atomic E-state index is 0.0145. The first-order valence-electron chi connectivity index (χ1n) is 41.7. The van der Waals surface area contributed by atoms with Crippen LogP contribution in [0.4, 0.5) is 14.4 Å². The molecule has 2 heterocycles. The largest absolute Gasteiger partial charge is 0.480 e. The van der Waals surface area contributed by atoms with Gasteiger partial charge in [0.1, 0.15) is 17.7 Å². The van der Waals surface area contributed by atoms with E-state index in [1.807, 2.05) is 167 Å². The number of likely N-dealkylation sites (tertiary alicyclic amines) is 1. The molecule has 12 amide bonds. The van der Waals surface area contributed by atoms with Crippen LogP contribution in [0.5, 0.6) is 0 Å². The number of piperidine rings is 2. The van der Waals surface area contributed by atoms with Crippen molar-refractivity contribution in [3.63, 3.8) is 0 Å². The highest BCUT2D eigenvalue weighted by atomic mass is 16.6. The highest BCUT2D eigenvalue weighted by Gasteiger charge is 2.36. The molecule has 120 heavy (non-hydrogen) atoms. The number of alkyl carbamates (subject to hydrolysis) is 1. The summed E-state index contributed by atoms with van der Waals surface area (Å²) in [5.74, 6) is -6.88. The Balaban J connectivity index is 0.000000425. The summed E-state index contributed by atoms with van der Waals surface area (Å²) in [7, 11) is 0. The predicted molar refractivity (Wildman–Crippen MR) is 457 cm³/mol. The number of allylic oxidation sites excluding steroid dienone is 2. The predicted octanol–water partition coefficient (Wildman–Crippen LogP) is 7.64. The summed E-state index contributed by atoms with van der Waals surface area (Å²) in [4.78, 5) is 189. The Morgan fingerprint density at radius 1 is 0.500 bits per heavy atom. The average Bonchev–Trinajstić information content (AvgIpc) is 0.845. The fourth-order valence-electron chi connectivity index (χ4n) is 13.9. The summed E-state index contributed by atoms with van der Waals surface area (Å²) in [6.45, 7) is 18.3. The molecule has 0 spiro atoms. The maximum Gasteiger partial charge on any atom is 0.407 e. The highest BCUT2D eigenvalue weighted by Crippen LogP contribution is 2.26. The topological polar surface area (TPSA) is 489 Å². The summed E-state index contributed by atoms with van der Waals surface area (Å²) in [6.07, 6.45) is 12.0. The van der Waals surface area contributed by atoms with Crippen molar-refractivity contribution >= 4 is 88.6 Å². The SMILES string of the molecule is CC(C)C[C@@H](CC(=O)[C@@H](Cc1ccccc1)NC(=O)[C@H](C)Cc1ccccc1)C(=O)N[C@H](CCCCNC(=O)OC(C)(C)C)C(=O)O.CC(C)C[C@@H](CC(=O)[C@@H](Cc1ccccc1)NC(=O)[C@H](N)Cc1ccccc1)C(=O)N[C@H](CCCCN)C(=O)N1CCC(CC(=O)/C=C\C(=O)NC(N)=O)CC1.NC(=O)NC(=O)/C=C\C(=O)CC1CCNCC1. The van der Waals surface area contributed by atoms with Crippen LogP contribution in [-0.2, 0) is 88.0 Å². The highest BCUT2D eigenvalue weighted by molar-refractivity contribution is 6.05. The number of aliphatic carboxylic acids is 1.